The zero-order valence-electron chi connectivity index (χ0n) is 19.3. The number of nitrogens with one attached hydrogen (secondary N) is 2. The van der Waals surface area contributed by atoms with Crippen LogP contribution in [0.2, 0.25) is 0 Å². The normalized spacial score (nSPS) is 11.6. The summed E-state index contributed by atoms with van der Waals surface area (Å²) in [7, 11) is 0. The van der Waals surface area contributed by atoms with Gasteiger partial charge in [0.05, 0.1) is 8.95 Å². The molecule has 32 heavy (non-hydrogen) atoms. The number of halogens is 2. The predicted molar refractivity (Wildman–Crippen MR) is 133 cm³/mol. The van der Waals surface area contributed by atoms with Crippen LogP contribution in [0.15, 0.2) is 45.3 Å². The van der Waals surface area contributed by atoms with Gasteiger partial charge in [-0.25, -0.2) is 0 Å². The van der Waals surface area contributed by atoms with Gasteiger partial charge in [0, 0.05) is 0 Å². The second-order valence-corrected chi connectivity index (χ2v) is 11.2. The molecule has 174 valence electrons. The van der Waals surface area contributed by atoms with Crippen molar-refractivity contribution in [3.63, 3.8) is 0 Å². The molecule has 0 spiro atoms. The summed E-state index contributed by atoms with van der Waals surface area (Å²) in [5, 5.41) is 0. The Morgan fingerprint density at radius 2 is 1.06 bits per heavy atom. The third-order valence-corrected chi connectivity index (χ3v) is 5.89. The Morgan fingerprint density at radius 1 is 0.719 bits per heavy atom. The summed E-state index contributed by atoms with van der Waals surface area (Å²) in [4.78, 5) is 24.0. The van der Waals surface area contributed by atoms with E-state index < -0.39 is 11.8 Å². The van der Waals surface area contributed by atoms with Gasteiger partial charge in [0.15, 0.2) is 13.2 Å². The minimum atomic E-state index is -0.485. The fraction of sp³-hybridized carbons (Fsp3) is 0.417. The number of carbonyl (C=O) groups excluding carboxylic acids is 2. The van der Waals surface area contributed by atoms with Crippen molar-refractivity contribution in [3.05, 3.63) is 56.5 Å². The van der Waals surface area contributed by atoms with Gasteiger partial charge >= 0.3 is 0 Å². The summed E-state index contributed by atoms with van der Waals surface area (Å²) in [6.45, 7) is 12.2. The highest BCUT2D eigenvalue weighted by molar-refractivity contribution is 9.10. The molecule has 2 rings (SSSR count). The quantitative estimate of drug-likeness (QED) is 0.456. The number of benzene rings is 2. The van der Waals surface area contributed by atoms with Crippen molar-refractivity contribution in [1.82, 2.24) is 10.9 Å². The minimum Gasteiger partial charge on any atom is -0.483 e. The van der Waals surface area contributed by atoms with E-state index >= 15 is 0 Å². The molecule has 0 bridgehead atoms. The lowest BCUT2D eigenvalue weighted by molar-refractivity contribution is -0.131. The molecule has 2 N–H and O–H groups in total. The molecule has 2 aromatic carbocycles. The molecule has 0 saturated heterocycles. The Kier molecular flexibility index (Phi) is 8.76. The van der Waals surface area contributed by atoms with Crippen LogP contribution in [-0.4, -0.2) is 25.0 Å². The van der Waals surface area contributed by atoms with E-state index in [0.717, 1.165) is 20.1 Å². The fourth-order valence-corrected chi connectivity index (χ4v) is 3.65. The Balaban J connectivity index is 1.78. The van der Waals surface area contributed by atoms with E-state index in [1.165, 1.54) is 0 Å². The van der Waals surface area contributed by atoms with Gasteiger partial charge in [0.2, 0.25) is 0 Å². The van der Waals surface area contributed by atoms with Gasteiger partial charge in [-0.2, -0.15) is 0 Å². The van der Waals surface area contributed by atoms with E-state index in [2.05, 4.69) is 84.3 Å². The maximum Gasteiger partial charge on any atom is 0.276 e. The molecule has 0 unspecified atom stereocenters. The van der Waals surface area contributed by atoms with Crippen LogP contribution in [0, 0.1) is 0 Å². The summed E-state index contributed by atoms with van der Waals surface area (Å²) < 4.78 is 12.6. The highest BCUT2D eigenvalue weighted by atomic mass is 79.9. The molecule has 0 aliphatic carbocycles. The maximum atomic E-state index is 12.0. The molecule has 0 heterocycles. The van der Waals surface area contributed by atoms with Crippen molar-refractivity contribution in [3.8, 4) is 11.5 Å². The van der Waals surface area contributed by atoms with Gasteiger partial charge in [-0.05, 0) is 78.1 Å². The lowest BCUT2D eigenvalue weighted by Gasteiger charge is -2.20. The number of carbonyl (C=O) groups is 2. The lowest BCUT2D eigenvalue weighted by Crippen LogP contribution is -2.45. The van der Waals surface area contributed by atoms with Gasteiger partial charge in [0.25, 0.3) is 11.8 Å². The Morgan fingerprint density at radius 3 is 1.34 bits per heavy atom. The number of amides is 2. The SMILES string of the molecule is CC(C)(C)c1ccc(OCC(=O)NNC(=O)COc2ccc(C(C)(C)C)cc2Br)c(Br)c1. The molecule has 6 nitrogen and oxygen atoms in total. The van der Waals surface area contributed by atoms with E-state index in [-0.39, 0.29) is 24.0 Å². The third-order valence-electron chi connectivity index (χ3n) is 4.65. The standard InChI is InChI=1S/C24H30Br2N2O4/c1-23(2,3)15-7-9-19(17(25)11-15)31-13-21(29)27-28-22(30)14-32-20-10-8-16(12-18(20)26)24(4,5)6/h7-12H,13-14H2,1-6H3,(H,27,29)(H,28,30). The van der Waals surface area contributed by atoms with Crippen LogP contribution in [0.5, 0.6) is 11.5 Å². The summed E-state index contributed by atoms with van der Waals surface area (Å²) in [5.41, 5.74) is 6.95. The van der Waals surface area contributed by atoms with Crippen LogP contribution in [-0.2, 0) is 20.4 Å². The molecule has 2 amide bonds. The molecular formula is C24H30Br2N2O4. The first kappa shape index (κ1) is 26.2. The van der Waals surface area contributed by atoms with Crippen LogP contribution >= 0.6 is 31.9 Å². The van der Waals surface area contributed by atoms with Gasteiger partial charge in [0.1, 0.15) is 11.5 Å². The van der Waals surface area contributed by atoms with Gasteiger partial charge in [-0.1, -0.05) is 53.7 Å². The summed E-state index contributed by atoms with van der Waals surface area (Å²) in [5.74, 6) is 0.124. The smallest absolute Gasteiger partial charge is 0.276 e. The number of hydrogen-bond donors (Lipinski definition) is 2. The molecule has 2 aromatic rings. The van der Waals surface area contributed by atoms with Crippen LogP contribution < -0.4 is 20.3 Å². The van der Waals surface area contributed by atoms with Crippen molar-refractivity contribution >= 4 is 43.7 Å². The summed E-state index contributed by atoms with van der Waals surface area (Å²) >= 11 is 6.94. The average Bonchev–Trinajstić information content (AvgIpc) is 2.68. The number of rotatable bonds is 6. The van der Waals surface area contributed by atoms with Gasteiger partial charge in [-0.3, -0.25) is 20.4 Å². The molecule has 0 atom stereocenters. The van der Waals surface area contributed by atoms with E-state index in [1.54, 1.807) is 0 Å². The molecule has 0 radical (unpaired) electrons. The number of hydrazine groups is 1. The van der Waals surface area contributed by atoms with E-state index in [9.17, 15) is 9.59 Å². The second-order valence-electron chi connectivity index (χ2n) is 9.46. The van der Waals surface area contributed by atoms with Crippen LogP contribution in [0.4, 0.5) is 0 Å². The van der Waals surface area contributed by atoms with E-state index in [0.29, 0.717) is 11.5 Å². The highest BCUT2D eigenvalue weighted by Gasteiger charge is 2.17. The fourth-order valence-electron chi connectivity index (χ4n) is 2.67. The molecule has 8 heteroatoms. The molecule has 0 saturated carbocycles. The Labute approximate surface area is 206 Å². The van der Waals surface area contributed by atoms with Gasteiger partial charge < -0.3 is 9.47 Å². The average molecular weight is 570 g/mol. The van der Waals surface area contributed by atoms with Crippen LogP contribution in [0.3, 0.4) is 0 Å². The Bertz CT molecular complexity index is 899. The molecule has 0 aliphatic rings. The van der Waals surface area contributed by atoms with Gasteiger partial charge in [-0.15, -0.1) is 0 Å². The summed E-state index contributed by atoms with van der Waals surface area (Å²) in [6.07, 6.45) is 0. The maximum absolute atomic E-state index is 12.0. The van der Waals surface area contributed by atoms with Crippen molar-refractivity contribution in [2.75, 3.05) is 13.2 Å². The second kappa shape index (κ2) is 10.7. The largest absolute Gasteiger partial charge is 0.483 e. The lowest BCUT2D eigenvalue weighted by atomic mass is 9.87. The Hall–Kier alpha value is -2.06. The van der Waals surface area contributed by atoms with E-state index in [4.69, 9.17) is 9.47 Å². The predicted octanol–water partition coefficient (Wildman–Crippen LogP) is 5.41. The number of hydrogen-bond acceptors (Lipinski definition) is 4. The van der Waals surface area contributed by atoms with Crippen LogP contribution in [0.1, 0.15) is 52.7 Å². The molecule has 0 aromatic heterocycles. The highest BCUT2D eigenvalue weighted by Crippen LogP contribution is 2.32. The van der Waals surface area contributed by atoms with Crippen molar-refractivity contribution in [2.24, 2.45) is 0 Å². The molecule has 0 aliphatic heterocycles. The third kappa shape index (κ3) is 7.81. The topological polar surface area (TPSA) is 76.7 Å². The van der Waals surface area contributed by atoms with Crippen molar-refractivity contribution < 1.29 is 19.1 Å². The zero-order chi connectivity index (χ0) is 24.1. The minimum absolute atomic E-state index is 0.00892. The van der Waals surface area contributed by atoms with Crippen LogP contribution in [0.25, 0.3) is 0 Å². The number of ether oxygens (including phenoxy) is 2. The van der Waals surface area contributed by atoms with Crippen molar-refractivity contribution in [1.29, 1.82) is 0 Å². The first-order chi connectivity index (χ1) is 14.8. The van der Waals surface area contributed by atoms with Crippen molar-refractivity contribution in [2.45, 2.75) is 52.4 Å². The first-order valence-electron chi connectivity index (χ1n) is 10.2. The summed E-state index contributed by atoms with van der Waals surface area (Å²) in [6, 6.07) is 11.5. The zero-order valence-corrected chi connectivity index (χ0v) is 22.4. The first-order valence-corrected chi connectivity index (χ1v) is 11.8. The van der Waals surface area contributed by atoms with E-state index in [1.807, 2.05) is 36.4 Å². The molecular weight excluding hydrogens is 540 g/mol. The monoisotopic (exact) mass is 568 g/mol. The molecule has 0 fully saturated rings.